The SMILES string of the molecule is c1ccc(-n2c3ccccc3c3c4c5ccncc5n5c6ncccc6nc5c4ccc32)cc1. The number of fused-ring (bicyclic) bond motifs is 12. The van der Waals surface area contributed by atoms with Gasteiger partial charge < -0.3 is 4.57 Å². The van der Waals surface area contributed by atoms with Gasteiger partial charge in [-0.25, -0.2) is 9.97 Å². The number of nitrogens with zero attached hydrogens (tertiary/aromatic N) is 5. The van der Waals surface area contributed by atoms with Crippen molar-refractivity contribution in [3.8, 4) is 5.69 Å². The zero-order valence-corrected chi connectivity index (χ0v) is 18.1. The zero-order valence-electron chi connectivity index (χ0n) is 18.1. The van der Waals surface area contributed by atoms with Gasteiger partial charge >= 0.3 is 0 Å². The second-order valence-electron chi connectivity index (χ2n) is 8.58. The number of imidazole rings is 1. The number of benzene rings is 3. The van der Waals surface area contributed by atoms with Gasteiger partial charge in [0.2, 0.25) is 0 Å². The molecule has 0 bridgehead atoms. The summed E-state index contributed by atoms with van der Waals surface area (Å²) < 4.78 is 4.49. The molecule has 34 heavy (non-hydrogen) atoms. The van der Waals surface area contributed by atoms with Gasteiger partial charge in [0.1, 0.15) is 11.2 Å². The van der Waals surface area contributed by atoms with Crippen LogP contribution in [-0.4, -0.2) is 23.9 Å². The maximum Gasteiger partial charge on any atom is 0.165 e. The largest absolute Gasteiger partial charge is 0.309 e. The molecule has 5 heterocycles. The highest BCUT2D eigenvalue weighted by molar-refractivity contribution is 6.30. The third-order valence-corrected chi connectivity index (χ3v) is 6.82. The molecular formula is C29H17N5. The van der Waals surface area contributed by atoms with Crippen molar-refractivity contribution < 1.29 is 0 Å². The molecule has 0 saturated carbocycles. The van der Waals surface area contributed by atoms with E-state index in [0.29, 0.717) is 0 Å². The fourth-order valence-electron chi connectivity index (χ4n) is 5.48. The van der Waals surface area contributed by atoms with Gasteiger partial charge in [0.25, 0.3) is 0 Å². The van der Waals surface area contributed by atoms with Gasteiger partial charge in [-0.15, -0.1) is 0 Å². The summed E-state index contributed by atoms with van der Waals surface area (Å²) >= 11 is 0. The highest BCUT2D eigenvalue weighted by Gasteiger charge is 2.20. The van der Waals surface area contributed by atoms with E-state index in [2.05, 4.69) is 91.7 Å². The number of aromatic nitrogens is 5. The average molecular weight is 435 g/mol. The summed E-state index contributed by atoms with van der Waals surface area (Å²) in [7, 11) is 0. The van der Waals surface area contributed by atoms with E-state index >= 15 is 0 Å². The second kappa shape index (κ2) is 6.39. The van der Waals surface area contributed by atoms with Crippen LogP contribution in [0.25, 0.3) is 66.0 Å². The molecule has 5 heteroatoms. The van der Waals surface area contributed by atoms with Crippen molar-refractivity contribution in [1.29, 1.82) is 0 Å². The van der Waals surface area contributed by atoms with Crippen molar-refractivity contribution >= 4 is 60.3 Å². The third-order valence-electron chi connectivity index (χ3n) is 6.82. The van der Waals surface area contributed by atoms with E-state index in [1.54, 1.807) is 0 Å². The predicted octanol–water partition coefficient (Wildman–Crippen LogP) is 6.68. The van der Waals surface area contributed by atoms with Crippen LogP contribution in [-0.2, 0) is 0 Å². The average Bonchev–Trinajstić information content (AvgIpc) is 3.45. The lowest BCUT2D eigenvalue weighted by Gasteiger charge is -2.11. The van der Waals surface area contributed by atoms with E-state index in [1.807, 2.05) is 30.7 Å². The summed E-state index contributed by atoms with van der Waals surface area (Å²) in [6, 6.07) is 29.7. The molecular weight excluding hydrogens is 418 g/mol. The Bertz CT molecular complexity index is 2070. The summed E-state index contributed by atoms with van der Waals surface area (Å²) in [6.45, 7) is 0. The molecule has 0 aliphatic carbocycles. The van der Waals surface area contributed by atoms with E-state index in [1.165, 1.54) is 27.2 Å². The third kappa shape index (κ3) is 2.16. The van der Waals surface area contributed by atoms with Gasteiger partial charge in [0.15, 0.2) is 5.65 Å². The molecule has 5 aromatic heterocycles. The van der Waals surface area contributed by atoms with Crippen LogP contribution in [0.3, 0.4) is 0 Å². The first-order valence-electron chi connectivity index (χ1n) is 11.3. The number of pyridine rings is 3. The van der Waals surface area contributed by atoms with Crippen LogP contribution in [0, 0.1) is 0 Å². The van der Waals surface area contributed by atoms with Crippen LogP contribution in [0.1, 0.15) is 0 Å². The maximum absolute atomic E-state index is 5.01. The van der Waals surface area contributed by atoms with E-state index in [4.69, 9.17) is 4.98 Å². The fourth-order valence-corrected chi connectivity index (χ4v) is 5.48. The molecule has 0 saturated heterocycles. The standard InChI is InChI=1S/C29H17N5/c1-2-7-18(8-3-1)33-23-11-5-4-9-19(23)27-24(33)13-12-21-26(27)20-14-16-30-17-25(20)34-28(21)32-22-10-6-15-31-29(22)34/h1-17H. The molecule has 158 valence electrons. The molecule has 0 fully saturated rings. The van der Waals surface area contributed by atoms with E-state index in [-0.39, 0.29) is 0 Å². The van der Waals surface area contributed by atoms with Crippen molar-refractivity contribution in [2.24, 2.45) is 0 Å². The minimum Gasteiger partial charge on any atom is -0.309 e. The van der Waals surface area contributed by atoms with Crippen LogP contribution in [0.15, 0.2) is 104 Å². The van der Waals surface area contributed by atoms with Crippen molar-refractivity contribution in [3.63, 3.8) is 0 Å². The van der Waals surface area contributed by atoms with Crippen molar-refractivity contribution in [2.75, 3.05) is 0 Å². The Hall–Kier alpha value is -4.77. The first-order valence-corrected chi connectivity index (χ1v) is 11.3. The number of rotatable bonds is 1. The molecule has 0 radical (unpaired) electrons. The molecule has 8 rings (SSSR count). The normalized spacial score (nSPS) is 12.1. The Balaban J connectivity index is 1.70. The van der Waals surface area contributed by atoms with Crippen LogP contribution < -0.4 is 0 Å². The summed E-state index contributed by atoms with van der Waals surface area (Å²) in [6.07, 6.45) is 5.61. The number of para-hydroxylation sites is 2. The first-order chi connectivity index (χ1) is 16.9. The molecule has 8 aromatic rings. The molecule has 0 unspecified atom stereocenters. The van der Waals surface area contributed by atoms with Gasteiger partial charge in [-0.2, -0.15) is 0 Å². The smallest absolute Gasteiger partial charge is 0.165 e. The van der Waals surface area contributed by atoms with Gasteiger partial charge in [0.05, 0.1) is 22.7 Å². The Kier molecular flexibility index (Phi) is 3.34. The molecule has 5 nitrogen and oxygen atoms in total. The van der Waals surface area contributed by atoms with Gasteiger partial charge in [-0.3, -0.25) is 9.38 Å². The molecule has 0 spiro atoms. The van der Waals surface area contributed by atoms with Gasteiger partial charge in [-0.1, -0.05) is 36.4 Å². The van der Waals surface area contributed by atoms with Crippen molar-refractivity contribution in [3.05, 3.63) is 104 Å². The number of hydrogen-bond acceptors (Lipinski definition) is 3. The minimum atomic E-state index is 0.851. The van der Waals surface area contributed by atoms with Crippen LogP contribution in [0.2, 0.25) is 0 Å². The quantitative estimate of drug-likeness (QED) is 0.270. The lowest BCUT2D eigenvalue weighted by Crippen LogP contribution is -1.95. The Morgan fingerprint density at radius 3 is 2.35 bits per heavy atom. The monoisotopic (exact) mass is 435 g/mol. The van der Waals surface area contributed by atoms with Crippen molar-refractivity contribution in [1.82, 2.24) is 23.9 Å². The van der Waals surface area contributed by atoms with Crippen LogP contribution in [0.4, 0.5) is 0 Å². The Morgan fingerprint density at radius 2 is 1.41 bits per heavy atom. The summed E-state index contributed by atoms with van der Waals surface area (Å²) in [5.74, 6) is 0. The topological polar surface area (TPSA) is 48.0 Å². The van der Waals surface area contributed by atoms with E-state index in [9.17, 15) is 0 Å². The second-order valence-corrected chi connectivity index (χ2v) is 8.58. The lowest BCUT2D eigenvalue weighted by atomic mass is 10.0. The molecule has 0 N–H and O–H groups in total. The lowest BCUT2D eigenvalue weighted by molar-refractivity contribution is 1.18. The highest BCUT2D eigenvalue weighted by atomic mass is 15.1. The van der Waals surface area contributed by atoms with Crippen LogP contribution in [0.5, 0.6) is 0 Å². The summed E-state index contributed by atoms with van der Waals surface area (Å²) in [5.41, 5.74) is 7.16. The van der Waals surface area contributed by atoms with Gasteiger partial charge in [-0.05, 0) is 48.5 Å². The zero-order chi connectivity index (χ0) is 22.2. The number of hydrogen-bond donors (Lipinski definition) is 0. The van der Waals surface area contributed by atoms with E-state index < -0.39 is 0 Å². The van der Waals surface area contributed by atoms with E-state index in [0.717, 1.165) is 38.8 Å². The van der Waals surface area contributed by atoms with Crippen molar-refractivity contribution in [2.45, 2.75) is 0 Å². The molecule has 0 aliphatic rings. The molecule has 0 aliphatic heterocycles. The molecule has 3 aromatic carbocycles. The van der Waals surface area contributed by atoms with Crippen LogP contribution >= 0.6 is 0 Å². The summed E-state index contributed by atoms with van der Waals surface area (Å²) in [4.78, 5) is 14.1. The molecule has 0 amide bonds. The predicted molar refractivity (Wildman–Crippen MR) is 138 cm³/mol. The Labute approximate surface area is 193 Å². The highest BCUT2D eigenvalue weighted by Crippen LogP contribution is 2.41. The summed E-state index contributed by atoms with van der Waals surface area (Å²) in [5, 5.41) is 5.91. The van der Waals surface area contributed by atoms with Gasteiger partial charge in [0, 0.05) is 45.0 Å². The maximum atomic E-state index is 5.01. The Morgan fingerprint density at radius 1 is 0.559 bits per heavy atom. The fraction of sp³-hybridized carbons (Fsp3) is 0. The minimum absolute atomic E-state index is 0.851. The first kappa shape index (κ1) is 17.7. The molecule has 0 atom stereocenters.